The molecule has 1 rings (SSSR count). The van der Waals surface area contributed by atoms with Crippen LogP contribution >= 0.6 is 0 Å². The van der Waals surface area contributed by atoms with Crippen LogP contribution in [0.4, 0.5) is 0 Å². The molecule has 19 heavy (non-hydrogen) atoms. The van der Waals surface area contributed by atoms with Crippen LogP contribution in [0.5, 0.6) is 5.75 Å². The Labute approximate surface area is 115 Å². The van der Waals surface area contributed by atoms with Crippen LogP contribution in [0.2, 0.25) is 0 Å². The van der Waals surface area contributed by atoms with Gasteiger partial charge in [-0.3, -0.25) is 4.90 Å². The van der Waals surface area contributed by atoms with Crippen molar-refractivity contribution < 1.29 is 14.3 Å². The van der Waals surface area contributed by atoms with Crippen molar-refractivity contribution in [2.75, 3.05) is 20.7 Å². The summed E-state index contributed by atoms with van der Waals surface area (Å²) in [4.78, 5) is 13.8. The molecule has 0 radical (unpaired) electrons. The van der Waals surface area contributed by atoms with Crippen LogP contribution in [0, 0.1) is 0 Å². The third-order valence-electron chi connectivity index (χ3n) is 2.59. The van der Waals surface area contributed by atoms with E-state index in [0.717, 1.165) is 11.3 Å². The molecule has 1 aromatic carbocycles. The molecular weight excluding hydrogens is 242 g/mol. The van der Waals surface area contributed by atoms with Gasteiger partial charge in [0.2, 0.25) is 0 Å². The predicted octanol–water partition coefficient (Wildman–Crippen LogP) is 2.64. The number of rotatable bonds is 6. The van der Waals surface area contributed by atoms with E-state index in [9.17, 15) is 4.79 Å². The van der Waals surface area contributed by atoms with E-state index in [-0.39, 0.29) is 18.1 Å². The molecular formula is C15H23NO3. The highest BCUT2D eigenvalue weighted by Crippen LogP contribution is 2.23. The number of hydrogen-bond donors (Lipinski definition) is 0. The first-order valence-electron chi connectivity index (χ1n) is 6.55. The first kappa shape index (κ1) is 15.5. The van der Waals surface area contributed by atoms with E-state index in [2.05, 4.69) is 0 Å². The summed E-state index contributed by atoms with van der Waals surface area (Å²) in [5, 5.41) is 0. The summed E-state index contributed by atoms with van der Waals surface area (Å²) in [5.41, 5.74) is 0.902. The van der Waals surface area contributed by atoms with E-state index in [1.54, 1.807) is 0 Å². The molecule has 0 aromatic heterocycles. The summed E-state index contributed by atoms with van der Waals surface area (Å²) < 4.78 is 10.7. The average molecular weight is 265 g/mol. The molecule has 4 nitrogen and oxygen atoms in total. The smallest absolute Gasteiger partial charge is 0.327 e. The van der Waals surface area contributed by atoms with E-state index in [1.807, 2.05) is 64.0 Å². The fourth-order valence-corrected chi connectivity index (χ4v) is 1.87. The highest BCUT2D eigenvalue weighted by molar-refractivity contribution is 5.77. The average Bonchev–Trinajstić information content (AvgIpc) is 2.31. The van der Waals surface area contributed by atoms with Crippen molar-refractivity contribution in [2.45, 2.75) is 32.9 Å². The van der Waals surface area contributed by atoms with Crippen molar-refractivity contribution in [3.63, 3.8) is 0 Å². The van der Waals surface area contributed by atoms with Crippen molar-refractivity contribution in [1.82, 2.24) is 4.90 Å². The van der Waals surface area contributed by atoms with Crippen LogP contribution in [0.25, 0.3) is 0 Å². The molecule has 0 saturated heterocycles. The van der Waals surface area contributed by atoms with Crippen LogP contribution in [-0.4, -0.2) is 37.7 Å². The Bertz CT molecular complexity index is 398. The van der Waals surface area contributed by atoms with Gasteiger partial charge in [0, 0.05) is 0 Å². The van der Waals surface area contributed by atoms with Crippen molar-refractivity contribution in [1.29, 1.82) is 0 Å². The van der Waals surface area contributed by atoms with Gasteiger partial charge >= 0.3 is 5.97 Å². The van der Waals surface area contributed by atoms with E-state index < -0.39 is 0 Å². The van der Waals surface area contributed by atoms with Gasteiger partial charge in [0.1, 0.15) is 11.8 Å². The lowest BCUT2D eigenvalue weighted by Crippen LogP contribution is -2.29. The molecule has 0 saturated carbocycles. The molecule has 0 heterocycles. The maximum Gasteiger partial charge on any atom is 0.327 e. The van der Waals surface area contributed by atoms with E-state index >= 15 is 0 Å². The molecule has 0 amide bonds. The maximum atomic E-state index is 12.0. The number of carbonyl (C=O) groups excluding carboxylic acids is 1. The number of ether oxygens (including phenoxy) is 2. The fourth-order valence-electron chi connectivity index (χ4n) is 1.87. The lowest BCUT2D eigenvalue weighted by molar-refractivity contribution is -0.148. The summed E-state index contributed by atoms with van der Waals surface area (Å²) in [6.07, 6.45) is 0.139. The van der Waals surface area contributed by atoms with Crippen LogP contribution < -0.4 is 4.74 Å². The molecule has 0 fully saturated rings. The molecule has 0 spiro atoms. The van der Waals surface area contributed by atoms with Crippen molar-refractivity contribution in [2.24, 2.45) is 0 Å². The number of esters is 1. The standard InChI is InChI=1S/C15H23NO3/c1-6-18-15(17)14(16(4)5)12-7-9-13(10-8-12)19-11(2)3/h7-11,14H,6H2,1-5H3. The molecule has 106 valence electrons. The van der Waals surface area contributed by atoms with Crippen molar-refractivity contribution in [3.05, 3.63) is 29.8 Å². The fraction of sp³-hybridized carbons (Fsp3) is 0.533. The second-order valence-electron chi connectivity index (χ2n) is 4.85. The van der Waals surface area contributed by atoms with E-state index in [1.165, 1.54) is 0 Å². The first-order valence-corrected chi connectivity index (χ1v) is 6.55. The molecule has 1 unspecified atom stereocenters. The monoisotopic (exact) mass is 265 g/mol. The normalized spacial score (nSPS) is 12.6. The summed E-state index contributed by atoms with van der Waals surface area (Å²) in [6.45, 7) is 6.16. The zero-order valence-electron chi connectivity index (χ0n) is 12.3. The molecule has 0 N–H and O–H groups in total. The number of carbonyl (C=O) groups is 1. The third kappa shape index (κ3) is 4.56. The van der Waals surface area contributed by atoms with Crippen molar-refractivity contribution in [3.8, 4) is 5.75 Å². The van der Waals surface area contributed by atoms with Crippen molar-refractivity contribution >= 4 is 5.97 Å². The highest BCUT2D eigenvalue weighted by atomic mass is 16.5. The van der Waals surface area contributed by atoms with E-state index in [4.69, 9.17) is 9.47 Å². The predicted molar refractivity (Wildman–Crippen MR) is 75.3 cm³/mol. The number of likely N-dealkylation sites (N-methyl/N-ethyl adjacent to an activating group) is 1. The van der Waals surface area contributed by atoms with Crippen LogP contribution in [0.3, 0.4) is 0 Å². The zero-order valence-corrected chi connectivity index (χ0v) is 12.3. The van der Waals surface area contributed by atoms with Gasteiger partial charge in [0.05, 0.1) is 12.7 Å². The quantitative estimate of drug-likeness (QED) is 0.741. The minimum Gasteiger partial charge on any atom is -0.491 e. The lowest BCUT2D eigenvalue weighted by atomic mass is 10.1. The third-order valence-corrected chi connectivity index (χ3v) is 2.59. The summed E-state index contributed by atoms with van der Waals surface area (Å²) >= 11 is 0. The molecule has 4 heteroatoms. The highest BCUT2D eigenvalue weighted by Gasteiger charge is 2.24. The lowest BCUT2D eigenvalue weighted by Gasteiger charge is -2.23. The number of hydrogen-bond acceptors (Lipinski definition) is 4. The van der Waals surface area contributed by atoms with Gasteiger partial charge < -0.3 is 9.47 Å². The Morgan fingerprint density at radius 3 is 2.21 bits per heavy atom. The summed E-state index contributed by atoms with van der Waals surface area (Å²) in [6, 6.07) is 7.18. The van der Waals surface area contributed by atoms with Crippen LogP contribution in [0.1, 0.15) is 32.4 Å². The van der Waals surface area contributed by atoms with Gasteiger partial charge in [-0.15, -0.1) is 0 Å². The van der Waals surface area contributed by atoms with Gasteiger partial charge in [-0.05, 0) is 52.6 Å². The van der Waals surface area contributed by atoms with Gasteiger partial charge in [0.15, 0.2) is 0 Å². The minimum absolute atomic E-state index is 0.139. The summed E-state index contributed by atoms with van der Waals surface area (Å²) in [7, 11) is 3.72. The Morgan fingerprint density at radius 1 is 1.21 bits per heavy atom. The Hall–Kier alpha value is -1.55. The molecule has 0 aliphatic carbocycles. The molecule has 1 atom stereocenters. The van der Waals surface area contributed by atoms with Gasteiger partial charge in [0.25, 0.3) is 0 Å². The Balaban J connectivity index is 2.88. The maximum absolute atomic E-state index is 12.0. The van der Waals surface area contributed by atoms with Gasteiger partial charge in [-0.1, -0.05) is 12.1 Å². The SMILES string of the molecule is CCOC(=O)C(c1ccc(OC(C)C)cc1)N(C)C. The second-order valence-corrected chi connectivity index (χ2v) is 4.85. The Morgan fingerprint density at radius 2 is 1.79 bits per heavy atom. The molecule has 0 aliphatic rings. The summed E-state index contributed by atoms with van der Waals surface area (Å²) in [5.74, 6) is 0.574. The van der Waals surface area contributed by atoms with Gasteiger partial charge in [-0.2, -0.15) is 0 Å². The molecule has 0 aliphatic heterocycles. The Kier molecular flexibility index (Phi) is 5.83. The second kappa shape index (κ2) is 7.14. The molecule has 1 aromatic rings. The van der Waals surface area contributed by atoms with E-state index in [0.29, 0.717) is 6.61 Å². The topological polar surface area (TPSA) is 38.8 Å². The molecule has 0 bridgehead atoms. The zero-order chi connectivity index (χ0) is 14.4. The minimum atomic E-state index is -0.381. The number of nitrogens with zero attached hydrogens (tertiary/aromatic N) is 1. The van der Waals surface area contributed by atoms with Crippen LogP contribution in [0.15, 0.2) is 24.3 Å². The van der Waals surface area contributed by atoms with Crippen LogP contribution in [-0.2, 0) is 9.53 Å². The first-order chi connectivity index (χ1) is 8.95. The largest absolute Gasteiger partial charge is 0.491 e. The van der Waals surface area contributed by atoms with Gasteiger partial charge in [-0.25, -0.2) is 4.79 Å². The number of benzene rings is 1.